The highest BCUT2D eigenvalue weighted by Crippen LogP contribution is 2.17. The Morgan fingerprint density at radius 2 is 0.842 bits per heavy atom. The molecule has 19 nitrogen and oxygen atoms in total. The first-order valence-corrected chi connectivity index (χ1v) is 29.3. The van der Waals surface area contributed by atoms with Crippen molar-refractivity contribution in [1.82, 2.24) is 29.9 Å². The maximum absolute atomic E-state index is 14.6. The summed E-state index contributed by atoms with van der Waals surface area (Å²) in [6.07, 6.45) is 4.19. The van der Waals surface area contributed by atoms with Gasteiger partial charge in [0.05, 0.1) is 36.7 Å². The van der Waals surface area contributed by atoms with Gasteiger partial charge in [0.15, 0.2) is 5.78 Å². The summed E-state index contributed by atoms with van der Waals surface area (Å²) < 4.78 is 59.7. The molecule has 76 heavy (non-hydrogen) atoms. The van der Waals surface area contributed by atoms with E-state index < -0.39 is 98.5 Å². The van der Waals surface area contributed by atoms with E-state index in [2.05, 4.69) is 21.3 Å². The van der Waals surface area contributed by atoms with Crippen LogP contribution in [0.1, 0.15) is 87.0 Å². The van der Waals surface area contributed by atoms with E-state index in [1.54, 1.807) is 60.7 Å². The summed E-state index contributed by atoms with van der Waals surface area (Å²) in [7, 11) is -8.57. The van der Waals surface area contributed by atoms with Crippen molar-refractivity contribution in [3.63, 3.8) is 0 Å². The quantitative estimate of drug-likeness (QED) is 0.0301. The molecule has 4 aromatic rings. The van der Waals surface area contributed by atoms with Gasteiger partial charge >= 0.3 is 0 Å². The van der Waals surface area contributed by atoms with Gasteiger partial charge in [-0.3, -0.25) is 24.0 Å². The van der Waals surface area contributed by atoms with Crippen molar-refractivity contribution in [2.45, 2.75) is 119 Å². The fourth-order valence-corrected chi connectivity index (χ4v) is 11.6. The third-order valence-electron chi connectivity index (χ3n) is 12.7. The second kappa shape index (κ2) is 33.3. The fourth-order valence-electron chi connectivity index (χ4n) is 8.56. The van der Waals surface area contributed by atoms with Crippen LogP contribution in [-0.2, 0) is 68.4 Å². The lowest BCUT2D eigenvalue weighted by atomic mass is 10.0. The Balaban J connectivity index is 1.65. The molecule has 0 unspecified atom stereocenters. The zero-order valence-electron chi connectivity index (χ0n) is 43.8. The number of amides is 4. The molecule has 0 fully saturated rings. The van der Waals surface area contributed by atoms with Gasteiger partial charge in [-0.05, 0) is 107 Å². The highest BCUT2D eigenvalue weighted by Gasteiger charge is 2.34. The van der Waals surface area contributed by atoms with Gasteiger partial charge in [-0.2, -0.15) is 8.61 Å². The minimum absolute atomic E-state index is 0.0854. The number of Topliss-reactive ketones (excluding diaryl/α,β-unsaturated/α-hetero) is 1. The Morgan fingerprint density at radius 3 is 1.29 bits per heavy atom. The third kappa shape index (κ3) is 23.1. The third-order valence-corrected chi connectivity index (χ3v) is 16.2. The summed E-state index contributed by atoms with van der Waals surface area (Å²) in [5.41, 5.74) is 26.2. The van der Waals surface area contributed by atoms with Crippen molar-refractivity contribution in [1.29, 1.82) is 0 Å². The van der Waals surface area contributed by atoms with E-state index in [1.807, 2.05) is 60.7 Å². The first-order valence-electron chi connectivity index (χ1n) is 26.1. The smallest absolute Gasteiger partial charge is 0.242 e. The van der Waals surface area contributed by atoms with Gasteiger partial charge in [0.2, 0.25) is 43.7 Å². The van der Waals surface area contributed by atoms with E-state index in [-0.39, 0.29) is 51.1 Å². The Hall–Kier alpha value is -5.91. The van der Waals surface area contributed by atoms with Crippen LogP contribution in [0, 0.1) is 0 Å². The number of carbonyl (C=O) groups excluding carboxylic acids is 5. The number of nitrogens with two attached hydrogens (primary N) is 4. The predicted molar refractivity (Wildman–Crippen MR) is 297 cm³/mol. The van der Waals surface area contributed by atoms with Crippen molar-refractivity contribution in [2.75, 3.05) is 45.8 Å². The molecule has 416 valence electrons. The number of nitrogens with one attached hydrogen (secondary N) is 4. The van der Waals surface area contributed by atoms with E-state index >= 15 is 0 Å². The van der Waals surface area contributed by atoms with Gasteiger partial charge in [0.1, 0.15) is 6.04 Å². The number of nitrogens with zero attached hydrogens (tertiary/aromatic N) is 2. The van der Waals surface area contributed by atoms with Crippen LogP contribution >= 0.6 is 0 Å². The van der Waals surface area contributed by atoms with Crippen LogP contribution < -0.4 is 44.2 Å². The molecule has 12 N–H and O–H groups in total. The highest BCUT2D eigenvalue weighted by atomic mass is 32.2. The number of hydrogen-bond acceptors (Lipinski definition) is 13. The van der Waals surface area contributed by atoms with Gasteiger partial charge in [0.25, 0.3) is 0 Å². The molecule has 0 aliphatic rings. The van der Waals surface area contributed by atoms with E-state index in [0.29, 0.717) is 69.2 Å². The molecule has 0 radical (unpaired) electrons. The van der Waals surface area contributed by atoms with Crippen LogP contribution in [0.25, 0.3) is 0 Å². The van der Waals surface area contributed by atoms with Crippen molar-refractivity contribution in [2.24, 2.45) is 22.9 Å². The van der Waals surface area contributed by atoms with E-state index in [1.165, 1.54) is 6.92 Å². The van der Waals surface area contributed by atoms with Crippen LogP contribution in [0.5, 0.6) is 0 Å². The summed E-state index contributed by atoms with van der Waals surface area (Å²) in [5.74, 6) is -3.97. The number of unbranched alkanes of at least 4 members (excludes halogenated alkanes) is 3. The SMILES string of the molecule is CC(=O)[C@H](Cc1ccccc1)NC(=O)CN(C[C@H](CCCCN)NC(=O)[C@H](CCCCN)NC(=O)CN(C[C@H](Cc1ccccc1)NC(=O)[C@@H](N)CCCCN)S(=O)(=O)Cc1ccccc1)S(=O)(=O)Cc1ccccc1. The van der Waals surface area contributed by atoms with E-state index in [4.69, 9.17) is 22.9 Å². The summed E-state index contributed by atoms with van der Waals surface area (Å²) in [6.45, 7) is 0.286. The molecule has 0 heterocycles. The van der Waals surface area contributed by atoms with E-state index in [0.717, 1.165) is 19.7 Å². The fraction of sp³-hybridized carbons (Fsp3) is 0.473. The number of ketones is 1. The molecule has 0 saturated heterocycles. The topological polar surface area (TPSA) is 312 Å². The maximum Gasteiger partial charge on any atom is 0.242 e. The van der Waals surface area contributed by atoms with Crippen molar-refractivity contribution >= 4 is 49.5 Å². The largest absolute Gasteiger partial charge is 0.350 e. The summed E-state index contributed by atoms with van der Waals surface area (Å²) in [5, 5.41) is 11.4. The first-order chi connectivity index (χ1) is 36.4. The Labute approximate surface area is 449 Å². The van der Waals surface area contributed by atoms with Crippen LogP contribution in [0.2, 0.25) is 0 Å². The predicted octanol–water partition coefficient (Wildman–Crippen LogP) is 2.38. The Morgan fingerprint density at radius 1 is 0.461 bits per heavy atom. The van der Waals surface area contributed by atoms with Crippen molar-refractivity contribution in [3.8, 4) is 0 Å². The van der Waals surface area contributed by atoms with Gasteiger partial charge in [-0.1, -0.05) is 134 Å². The van der Waals surface area contributed by atoms with Crippen molar-refractivity contribution < 1.29 is 40.8 Å². The number of benzene rings is 4. The van der Waals surface area contributed by atoms with Crippen molar-refractivity contribution in [3.05, 3.63) is 144 Å². The van der Waals surface area contributed by atoms with Crippen LogP contribution in [0.3, 0.4) is 0 Å². The molecule has 0 aromatic heterocycles. The van der Waals surface area contributed by atoms with Crippen LogP contribution in [0.4, 0.5) is 0 Å². The number of carbonyl (C=O) groups is 5. The summed E-state index contributed by atoms with van der Waals surface area (Å²) in [6, 6.07) is 30.3. The van der Waals surface area contributed by atoms with Gasteiger partial charge in [-0.25, -0.2) is 16.8 Å². The van der Waals surface area contributed by atoms with Gasteiger partial charge in [0, 0.05) is 25.2 Å². The Kier molecular flexibility index (Phi) is 27.4. The number of rotatable bonds is 37. The molecular weight excluding hydrogens is 1010 g/mol. The monoisotopic (exact) mass is 1090 g/mol. The zero-order valence-corrected chi connectivity index (χ0v) is 45.4. The molecule has 0 saturated carbocycles. The zero-order chi connectivity index (χ0) is 55.4. The van der Waals surface area contributed by atoms with Gasteiger partial charge in [-0.15, -0.1) is 0 Å². The number of sulfonamides is 2. The molecule has 0 bridgehead atoms. The first kappa shape index (κ1) is 62.6. The second-order valence-electron chi connectivity index (χ2n) is 19.2. The minimum Gasteiger partial charge on any atom is -0.350 e. The van der Waals surface area contributed by atoms with Crippen LogP contribution in [0.15, 0.2) is 121 Å². The molecule has 0 spiro atoms. The second-order valence-corrected chi connectivity index (χ2v) is 23.1. The average molecular weight is 1090 g/mol. The molecule has 4 aromatic carbocycles. The molecule has 21 heteroatoms. The molecule has 0 aliphatic heterocycles. The maximum atomic E-state index is 14.6. The molecule has 0 aliphatic carbocycles. The lowest BCUT2D eigenvalue weighted by Gasteiger charge is -2.30. The highest BCUT2D eigenvalue weighted by molar-refractivity contribution is 7.88. The Bertz CT molecular complexity index is 2600. The lowest BCUT2D eigenvalue weighted by Crippen LogP contribution is -2.56. The minimum atomic E-state index is -4.29. The number of hydrogen-bond donors (Lipinski definition) is 8. The van der Waals surface area contributed by atoms with E-state index in [9.17, 15) is 40.8 Å². The molecule has 4 amide bonds. The average Bonchev–Trinajstić information content (AvgIpc) is 3.38. The standard InChI is InChI=1S/C55H80N10O9S2/c1-42(66)51(35-44-22-8-3-9-23-44)63-53(68)39-64(75(71,72)40-45-24-10-4-11-25-45)36-47(28-14-17-31-56)60-55(70)50(30-16-19-33-58)62-52(67)38-65(76(73,74)41-46-26-12-5-13-27-46)37-48(34-43-20-6-2-7-21-43)61-54(69)49(59)29-15-18-32-57/h2-13,20-27,47-51H,14-19,28-41,56-59H2,1H3,(H,60,70)(H,61,69)(H,62,67)(H,63,68)/t47-,48-,49-,50-,51-/m0/s1. The molecular formula is C55H80N10O9S2. The molecule has 4 rings (SSSR count). The molecule has 5 atom stereocenters. The summed E-state index contributed by atoms with van der Waals surface area (Å²) >= 11 is 0. The lowest BCUT2D eigenvalue weighted by molar-refractivity contribution is -0.130. The normalized spacial score (nSPS) is 13.8. The van der Waals surface area contributed by atoms with Crippen LogP contribution in [-0.4, -0.2) is 131 Å². The van der Waals surface area contributed by atoms with Gasteiger partial charge < -0.3 is 44.2 Å². The summed E-state index contributed by atoms with van der Waals surface area (Å²) in [4.78, 5) is 69.1.